The van der Waals surface area contributed by atoms with Crippen LogP contribution in [0.4, 0.5) is 0 Å². The molecule has 30 heavy (non-hydrogen) atoms. The molecule has 0 aliphatic carbocycles. The van der Waals surface area contributed by atoms with Crippen molar-refractivity contribution in [1.82, 2.24) is 20.0 Å². The maximum Gasteiger partial charge on any atom is 0.219 e. The number of carbonyl (C=O) groups excluding carboxylic acids is 1. The Hall–Kier alpha value is -1.55. The molecule has 1 aromatic carbocycles. The zero-order valence-electron chi connectivity index (χ0n) is 18.5. The van der Waals surface area contributed by atoms with Crippen molar-refractivity contribution in [1.29, 1.82) is 0 Å². The van der Waals surface area contributed by atoms with E-state index in [2.05, 4.69) is 40.2 Å². The lowest BCUT2D eigenvalue weighted by atomic mass is 10.1. The minimum absolute atomic E-state index is 0. The van der Waals surface area contributed by atoms with Crippen LogP contribution in [0.5, 0.6) is 5.75 Å². The molecule has 1 aromatic rings. The van der Waals surface area contributed by atoms with Crippen LogP contribution >= 0.6 is 24.0 Å². The van der Waals surface area contributed by atoms with Crippen LogP contribution in [0.15, 0.2) is 29.3 Å². The molecule has 2 fully saturated rings. The molecule has 2 aliphatic rings. The minimum Gasteiger partial charge on any atom is -0.497 e. The Morgan fingerprint density at radius 1 is 1.13 bits per heavy atom. The summed E-state index contributed by atoms with van der Waals surface area (Å²) < 4.78 is 5.45. The van der Waals surface area contributed by atoms with E-state index >= 15 is 0 Å². The van der Waals surface area contributed by atoms with E-state index in [0.29, 0.717) is 6.54 Å². The summed E-state index contributed by atoms with van der Waals surface area (Å²) in [4.78, 5) is 23.4. The molecule has 7 nitrogen and oxygen atoms in total. The van der Waals surface area contributed by atoms with Gasteiger partial charge in [-0.2, -0.15) is 0 Å². The van der Waals surface area contributed by atoms with Crippen molar-refractivity contribution in [3.05, 3.63) is 29.8 Å². The molecule has 2 aliphatic heterocycles. The second kappa shape index (κ2) is 12.3. The Bertz CT molecular complexity index is 701. The summed E-state index contributed by atoms with van der Waals surface area (Å²) in [6, 6.07) is 8.62. The van der Waals surface area contributed by atoms with Gasteiger partial charge in [0, 0.05) is 39.6 Å². The van der Waals surface area contributed by atoms with Crippen molar-refractivity contribution in [2.75, 3.05) is 59.5 Å². The van der Waals surface area contributed by atoms with Crippen molar-refractivity contribution in [3.63, 3.8) is 0 Å². The number of nitrogens with one attached hydrogen (secondary N) is 1. The van der Waals surface area contributed by atoms with Crippen LogP contribution in [0.3, 0.4) is 0 Å². The molecule has 168 valence electrons. The molecule has 8 heteroatoms. The third-order valence-electron chi connectivity index (χ3n) is 5.83. The average Bonchev–Trinajstić information content (AvgIpc) is 3.28. The maximum atomic E-state index is 11.6. The van der Waals surface area contributed by atoms with Crippen LogP contribution in [0, 0.1) is 0 Å². The van der Waals surface area contributed by atoms with Gasteiger partial charge in [0.15, 0.2) is 5.96 Å². The SMILES string of the molecule is CCNC(=NCC(c1cccc(OC)c1)N1CCCC1)N1CCN(C(C)=O)CC1.I. The molecule has 1 amide bonds. The molecule has 1 atom stereocenters. The van der Waals surface area contributed by atoms with Crippen molar-refractivity contribution in [3.8, 4) is 5.75 Å². The number of carbonyl (C=O) groups is 1. The van der Waals surface area contributed by atoms with Crippen LogP contribution in [0.1, 0.15) is 38.3 Å². The summed E-state index contributed by atoms with van der Waals surface area (Å²) in [6.07, 6.45) is 2.49. The average molecular weight is 529 g/mol. The zero-order chi connectivity index (χ0) is 20.6. The summed E-state index contributed by atoms with van der Waals surface area (Å²) in [5.74, 6) is 1.99. The molecule has 2 saturated heterocycles. The number of rotatable bonds is 6. The number of piperazine rings is 1. The summed E-state index contributed by atoms with van der Waals surface area (Å²) in [5.41, 5.74) is 1.26. The van der Waals surface area contributed by atoms with E-state index in [9.17, 15) is 4.79 Å². The number of aliphatic imine (C=N–C) groups is 1. The monoisotopic (exact) mass is 529 g/mol. The normalized spacial score (nSPS) is 18.7. The van der Waals surface area contributed by atoms with Crippen molar-refractivity contribution in [2.45, 2.75) is 32.7 Å². The van der Waals surface area contributed by atoms with Crippen molar-refractivity contribution < 1.29 is 9.53 Å². The summed E-state index contributed by atoms with van der Waals surface area (Å²) in [7, 11) is 1.71. The number of halogens is 1. The fourth-order valence-corrected chi connectivity index (χ4v) is 4.17. The number of benzene rings is 1. The maximum absolute atomic E-state index is 11.6. The number of guanidine groups is 1. The number of likely N-dealkylation sites (tertiary alicyclic amines) is 1. The first-order valence-corrected chi connectivity index (χ1v) is 10.8. The highest BCUT2D eigenvalue weighted by Crippen LogP contribution is 2.28. The standard InChI is InChI=1S/C22H35N5O2.HI/c1-4-23-22(27-14-12-25(13-15-27)18(2)28)24-17-21(26-10-5-6-11-26)19-8-7-9-20(16-19)29-3;/h7-9,16,21H,4-6,10-15,17H2,1-3H3,(H,23,24);1H. The highest BCUT2D eigenvalue weighted by atomic mass is 127. The molecule has 0 radical (unpaired) electrons. The smallest absolute Gasteiger partial charge is 0.219 e. The fourth-order valence-electron chi connectivity index (χ4n) is 4.17. The Balaban J connectivity index is 0.00000320. The van der Waals surface area contributed by atoms with Gasteiger partial charge in [0.1, 0.15) is 5.75 Å². The summed E-state index contributed by atoms with van der Waals surface area (Å²) >= 11 is 0. The van der Waals surface area contributed by atoms with E-state index in [-0.39, 0.29) is 35.9 Å². The van der Waals surface area contributed by atoms with E-state index in [1.807, 2.05) is 11.0 Å². The molecular formula is C22H36IN5O2. The number of amides is 1. The van der Waals surface area contributed by atoms with Crippen LogP contribution in [-0.2, 0) is 4.79 Å². The Morgan fingerprint density at radius 3 is 2.40 bits per heavy atom. The van der Waals surface area contributed by atoms with Gasteiger partial charge in [-0.15, -0.1) is 24.0 Å². The third kappa shape index (κ3) is 6.47. The van der Waals surface area contributed by atoms with Gasteiger partial charge in [-0.05, 0) is 50.6 Å². The predicted molar refractivity (Wildman–Crippen MR) is 132 cm³/mol. The van der Waals surface area contributed by atoms with Crippen LogP contribution in [0.2, 0.25) is 0 Å². The third-order valence-corrected chi connectivity index (χ3v) is 5.83. The van der Waals surface area contributed by atoms with Gasteiger partial charge in [0.25, 0.3) is 0 Å². The quantitative estimate of drug-likeness (QED) is 0.349. The largest absolute Gasteiger partial charge is 0.497 e. The van der Waals surface area contributed by atoms with Gasteiger partial charge in [0.2, 0.25) is 5.91 Å². The topological polar surface area (TPSA) is 60.4 Å². The van der Waals surface area contributed by atoms with Crippen LogP contribution < -0.4 is 10.1 Å². The fraction of sp³-hybridized carbons (Fsp3) is 0.636. The van der Waals surface area contributed by atoms with E-state index < -0.39 is 0 Å². The molecular weight excluding hydrogens is 493 g/mol. The molecule has 1 N–H and O–H groups in total. The Morgan fingerprint density at radius 2 is 1.80 bits per heavy atom. The number of nitrogens with zero attached hydrogens (tertiary/aromatic N) is 4. The van der Waals surface area contributed by atoms with E-state index in [1.54, 1.807) is 14.0 Å². The van der Waals surface area contributed by atoms with E-state index in [1.165, 1.54) is 18.4 Å². The number of methoxy groups -OCH3 is 1. The molecule has 3 rings (SSSR count). The second-order valence-corrected chi connectivity index (χ2v) is 7.72. The first-order chi connectivity index (χ1) is 14.1. The molecule has 0 saturated carbocycles. The van der Waals surface area contributed by atoms with Gasteiger partial charge < -0.3 is 19.9 Å². The molecule has 2 heterocycles. The Labute approximate surface area is 197 Å². The van der Waals surface area contributed by atoms with Crippen LogP contribution in [-0.4, -0.2) is 86.0 Å². The van der Waals surface area contributed by atoms with Crippen LogP contribution in [0.25, 0.3) is 0 Å². The second-order valence-electron chi connectivity index (χ2n) is 7.72. The number of hydrogen-bond acceptors (Lipinski definition) is 4. The number of ether oxygens (including phenoxy) is 1. The van der Waals surface area contributed by atoms with Gasteiger partial charge in [0.05, 0.1) is 19.7 Å². The molecule has 0 spiro atoms. The molecule has 0 aromatic heterocycles. The van der Waals surface area contributed by atoms with Gasteiger partial charge in [-0.1, -0.05) is 12.1 Å². The van der Waals surface area contributed by atoms with Crippen molar-refractivity contribution >= 4 is 35.8 Å². The first-order valence-electron chi connectivity index (χ1n) is 10.8. The first kappa shape index (κ1) is 24.7. The van der Waals surface area contributed by atoms with E-state index in [0.717, 1.165) is 57.5 Å². The highest BCUT2D eigenvalue weighted by molar-refractivity contribution is 14.0. The Kier molecular flexibility index (Phi) is 10.2. The molecule has 1 unspecified atom stereocenters. The summed E-state index contributed by atoms with van der Waals surface area (Å²) in [5, 5.41) is 3.45. The minimum atomic E-state index is 0. The lowest BCUT2D eigenvalue weighted by Crippen LogP contribution is -2.53. The lowest BCUT2D eigenvalue weighted by Gasteiger charge is -2.36. The predicted octanol–water partition coefficient (Wildman–Crippen LogP) is 2.58. The van der Waals surface area contributed by atoms with Gasteiger partial charge >= 0.3 is 0 Å². The lowest BCUT2D eigenvalue weighted by molar-refractivity contribution is -0.130. The highest BCUT2D eigenvalue weighted by Gasteiger charge is 2.25. The van der Waals surface area contributed by atoms with Gasteiger partial charge in [-0.3, -0.25) is 14.7 Å². The van der Waals surface area contributed by atoms with Crippen molar-refractivity contribution in [2.24, 2.45) is 4.99 Å². The zero-order valence-corrected chi connectivity index (χ0v) is 20.8. The molecule has 0 bridgehead atoms. The number of hydrogen-bond donors (Lipinski definition) is 1. The summed E-state index contributed by atoms with van der Waals surface area (Å²) in [6.45, 7) is 10.7. The van der Waals surface area contributed by atoms with E-state index in [4.69, 9.17) is 9.73 Å². The van der Waals surface area contributed by atoms with Gasteiger partial charge in [-0.25, -0.2) is 0 Å².